The summed E-state index contributed by atoms with van der Waals surface area (Å²) in [6.07, 6.45) is 4.89. The smallest absolute Gasteiger partial charge is 0.0988 e. The molecule has 1 fully saturated rings. The van der Waals surface area contributed by atoms with Crippen LogP contribution in [-0.2, 0) is 30.4 Å². The Balaban J connectivity index is 0.000000132. The van der Waals surface area contributed by atoms with Crippen LogP contribution in [0.5, 0.6) is 0 Å². The average Bonchev–Trinajstić information content (AvgIpc) is 3.74. The number of fused-ring (bicyclic) bond motifs is 4. The van der Waals surface area contributed by atoms with Gasteiger partial charge in [0.2, 0.25) is 0 Å². The molecule has 170 valence electrons. The van der Waals surface area contributed by atoms with Gasteiger partial charge in [0.1, 0.15) is 0 Å². The molecule has 0 spiro atoms. The van der Waals surface area contributed by atoms with Gasteiger partial charge in [-0.2, -0.15) is 0 Å². The fourth-order valence-electron chi connectivity index (χ4n) is 5.08. The van der Waals surface area contributed by atoms with Gasteiger partial charge in [-0.3, -0.25) is 0 Å². The Kier molecular flexibility index (Phi) is 5.78. The third-order valence-corrected chi connectivity index (χ3v) is 6.98. The van der Waals surface area contributed by atoms with E-state index in [1.165, 1.54) is 45.0 Å². The van der Waals surface area contributed by atoms with Crippen molar-refractivity contribution in [1.82, 2.24) is 0 Å². The normalized spacial score (nSPS) is 17.3. The van der Waals surface area contributed by atoms with Gasteiger partial charge in [0.15, 0.2) is 0 Å². The van der Waals surface area contributed by atoms with Crippen LogP contribution in [0.3, 0.4) is 0 Å². The summed E-state index contributed by atoms with van der Waals surface area (Å²) in [5, 5.41) is 3.50. The SMILES string of the molecule is c1ccc2c(c1)CCc1ccccc1N2.c1ccc2c(c1)CCc1ccccc1N2C[C@H]1CO1. The van der Waals surface area contributed by atoms with Crippen molar-refractivity contribution in [2.45, 2.75) is 31.8 Å². The molecular weight excluding hydrogens is 416 g/mol. The lowest BCUT2D eigenvalue weighted by atomic mass is 10.0. The number of anilines is 4. The molecule has 3 aliphatic rings. The second kappa shape index (κ2) is 9.36. The summed E-state index contributed by atoms with van der Waals surface area (Å²) in [6.45, 7) is 1.87. The number of epoxide rings is 1. The van der Waals surface area contributed by atoms with Gasteiger partial charge in [-0.05, 0) is 72.2 Å². The molecule has 4 aromatic carbocycles. The van der Waals surface area contributed by atoms with Crippen molar-refractivity contribution in [1.29, 1.82) is 0 Å². The standard InChI is InChI=1S/C17H17NO.C14H13N/c1-3-7-16-13(5-1)9-10-14-6-2-4-8-17(14)18(16)11-15-12-19-15;1-3-7-13-11(5-1)9-10-12-6-2-4-8-14(12)15-13/h1-8,15H,9-12H2;1-8,15H,9-10H2/t15-;/m0./s1. The Hall–Kier alpha value is -3.56. The Labute approximate surface area is 202 Å². The van der Waals surface area contributed by atoms with Crippen LogP contribution in [0, 0.1) is 0 Å². The molecule has 0 aliphatic carbocycles. The van der Waals surface area contributed by atoms with E-state index in [2.05, 4.69) is 107 Å². The number of nitrogens with one attached hydrogen (secondary N) is 1. The molecule has 4 aromatic rings. The van der Waals surface area contributed by atoms with Crippen LogP contribution in [-0.4, -0.2) is 19.3 Å². The topological polar surface area (TPSA) is 27.8 Å². The van der Waals surface area contributed by atoms with Gasteiger partial charge in [0.25, 0.3) is 0 Å². The second-order valence-corrected chi connectivity index (χ2v) is 9.26. The number of aryl methyl sites for hydroxylation is 4. The number of para-hydroxylation sites is 4. The lowest BCUT2D eigenvalue weighted by Crippen LogP contribution is -2.23. The quantitative estimate of drug-likeness (QED) is 0.341. The van der Waals surface area contributed by atoms with Crippen molar-refractivity contribution in [2.24, 2.45) is 0 Å². The summed E-state index contributed by atoms with van der Waals surface area (Å²) in [6, 6.07) is 34.6. The Bertz CT molecular complexity index is 1200. The van der Waals surface area contributed by atoms with Gasteiger partial charge in [-0.25, -0.2) is 0 Å². The zero-order valence-corrected chi connectivity index (χ0v) is 19.4. The van der Waals surface area contributed by atoms with E-state index < -0.39 is 0 Å². The molecule has 1 atom stereocenters. The predicted molar refractivity (Wildman–Crippen MR) is 141 cm³/mol. The first-order chi connectivity index (χ1) is 16.8. The Morgan fingerprint density at radius 2 is 1.00 bits per heavy atom. The maximum Gasteiger partial charge on any atom is 0.0988 e. The maximum atomic E-state index is 5.44. The number of nitrogens with zero attached hydrogens (tertiary/aromatic N) is 1. The van der Waals surface area contributed by atoms with Gasteiger partial charge >= 0.3 is 0 Å². The van der Waals surface area contributed by atoms with Crippen LogP contribution in [0.25, 0.3) is 0 Å². The number of ether oxygens (including phenoxy) is 1. The summed E-state index contributed by atoms with van der Waals surface area (Å²) in [7, 11) is 0. The third kappa shape index (κ3) is 4.44. The molecule has 3 heteroatoms. The van der Waals surface area contributed by atoms with Crippen LogP contribution in [0.1, 0.15) is 22.3 Å². The second-order valence-electron chi connectivity index (χ2n) is 9.26. The van der Waals surface area contributed by atoms with Crippen LogP contribution >= 0.6 is 0 Å². The first-order valence-electron chi connectivity index (χ1n) is 12.3. The van der Waals surface area contributed by atoms with Gasteiger partial charge in [0.05, 0.1) is 19.3 Å². The van der Waals surface area contributed by atoms with E-state index in [-0.39, 0.29) is 0 Å². The van der Waals surface area contributed by atoms with Gasteiger partial charge in [-0.1, -0.05) is 72.8 Å². The van der Waals surface area contributed by atoms with E-state index in [4.69, 9.17) is 4.74 Å². The van der Waals surface area contributed by atoms with Crippen LogP contribution in [0.2, 0.25) is 0 Å². The fraction of sp³-hybridized carbons (Fsp3) is 0.226. The van der Waals surface area contributed by atoms with Crippen molar-refractivity contribution in [2.75, 3.05) is 23.4 Å². The highest BCUT2D eigenvalue weighted by atomic mass is 16.6. The molecule has 1 N–H and O–H groups in total. The third-order valence-electron chi connectivity index (χ3n) is 6.98. The van der Waals surface area contributed by atoms with E-state index >= 15 is 0 Å². The van der Waals surface area contributed by atoms with Gasteiger partial charge < -0.3 is 15.0 Å². The Morgan fingerprint density at radius 1 is 0.588 bits per heavy atom. The molecule has 0 saturated carbocycles. The minimum absolute atomic E-state index is 0.402. The monoisotopic (exact) mass is 446 g/mol. The van der Waals surface area contributed by atoms with Gasteiger partial charge in [-0.15, -0.1) is 0 Å². The highest BCUT2D eigenvalue weighted by Crippen LogP contribution is 2.37. The van der Waals surface area contributed by atoms with Crippen molar-refractivity contribution in [3.63, 3.8) is 0 Å². The first-order valence-corrected chi connectivity index (χ1v) is 12.3. The molecule has 1 saturated heterocycles. The van der Waals surface area contributed by atoms with E-state index in [0.29, 0.717) is 6.10 Å². The molecule has 0 unspecified atom stereocenters. The van der Waals surface area contributed by atoms with E-state index in [1.807, 2.05) is 0 Å². The van der Waals surface area contributed by atoms with Crippen molar-refractivity contribution in [3.05, 3.63) is 119 Å². The summed E-state index contributed by atoms with van der Waals surface area (Å²) < 4.78 is 5.44. The number of rotatable bonds is 2. The molecule has 3 nitrogen and oxygen atoms in total. The van der Waals surface area contributed by atoms with Crippen LogP contribution in [0.4, 0.5) is 22.7 Å². The lowest BCUT2D eigenvalue weighted by Gasteiger charge is -2.26. The van der Waals surface area contributed by atoms with Crippen molar-refractivity contribution < 1.29 is 4.74 Å². The molecule has 0 aromatic heterocycles. The predicted octanol–water partition coefficient (Wildman–Crippen LogP) is 6.85. The van der Waals surface area contributed by atoms with Crippen LogP contribution < -0.4 is 10.2 Å². The first kappa shape index (κ1) is 21.0. The average molecular weight is 447 g/mol. The maximum absolute atomic E-state index is 5.44. The minimum Gasteiger partial charge on any atom is -0.371 e. The zero-order chi connectivity index (χ0) is 22.7. The van der Waals surface area contributed by atoms with E-state index in [9.17, 15) is 0 Å². The Morgan fingerprint density at radius 3 is 1.50 bits per heavy atom. The lowest BCUT2D eigenvalue weighted by molar-refractivity contribution is 0.411. The summed E-state index contributed by atoms with van der Waals surface area (Å²) in [4.78, 5) is 2.44. The number of hydrogen-bond acceptors (Lipinski definition) is 3. The molecule has 7 rings (SSSR count). The summed E-state index contributed by atoms with van der Waals surface area (Å²) in [5.41, 5.74) is 10.9. The van der Waals surface area contributed by atoms with Crippen LogP contribution in [0.15, 0.2) is 97.1 Å². The summed E-state index contributed by atoms with van der Waals surface area (Å²) in [5.74, 6) is 0. The number of hydrogen-bond donors (Lipinski definition) is 1. The molecule has 34 heavy (non-hydrogen) atoms. The van der Waals surface area contributed by atoms with Gasteiger partial charge in [0, 0.05) is 22.7 Å². The molecule has 0 bridgehead atoms. The molecule has 3 aliphatic heterocycles. The molecule has 3 heterocycles. The summed E-state index contributed by atoms with van der Waals surface area (Å²) >= 11 is 0. The van der Waals surface area contributed by atoms with Crippen molar-refractivity contribution in [3.8, 4) is 0 Å². The highest BCUT2D eigenvalue weighted by molar-refractivity contribution is 5.71. The van der Waals surface area contributed by atoms with Crippen molar-refractivity contribution >= 4 is 22.7 Å². The van der Waals surface area contributed by atoms with E-state index in [1.54, 1.807) is 0 Å². The number of benzene rings is 4. The fourth-order valence-corrected chi connectivity index (χ4v) is 5.08. The highest BCUT2D eigenvalue weighted by Gasteiger charge is 2.29. The molecule has 0 radical (unpaired) electrons. The largest absolute Gasteiger partial charge is 0.371 e. The molecular formula is C31H30N2O. The minimum atomic E-state index is 0.402. The molecule has 0 amide bonds. The van der Waals surface area contributed by atoms with E-state index in [0.717, 1.165) is 38.8 Å². The zero-order valence-electron chi connectivity index (χ0n) is 19.4.